The van der Waals surface area contributed by atoms with E-state index in [1.54, 1.807) is 33.7 Å². The van der Waals surface area contributed by atoms with Crippen molar-refractivity contribution in [2.24, 2.45) is 0 Å². The fourth-order valence-corrected chi connectivity index (χ4v) is 2.75. The van der Waals surface area contributed by atoms with Gasteiger partial charge in [0.05, 0.1) is 21.3 Å². The molecule has 3 aromatic rings. The van der Waals surface area contributed by atoms with Crippen molar-refractivity contribution in [2.75, 3.05) is 21.3 Å². The highest BCUT2D eigenvalue weighted by Gasteiger charge is 2.22. The molecule has 1 atom stereocenters. The van der Waals surface area contributed by atoms with E-state index < -0.39 is 0 Å². The monoisotopic (exact) mass is 351 g/mol. The second-order valence-electron chi connectivity index (χ2n) is 5.55. The Labute approximate surface area is 153 Å². The highest BCUT2D eigenvalue weighted by Crippen LogP contribution is 2.41. The molecule has 0 aliphatic rings. The Bertz CT molecular complexity index is 812. The van der Waals surface area contributed by atoms with Crippen molar-refractivity contribution in [3.8, 4) is 23.0 Å². The largest absolute Gasteiger partial charge is 0.493 e. The number of hydrogen-bond acceptors (Lipinski definition) is 5. The number of hydrogen-bond donors (Lipinski definition) is 0. The zero-order valence-corrected chi connectivity index (χ0v) is 15.0. The maximum atomic E-state index is 6.28. The molecule has 0 radical (unpaired) electrons. The average molecular weight is 351 g/mol. The molecule has 0 spiro atoms. The third-order valence-corrected chi connectivity index (χ3v) is 4.00. The first-order chi connectivity index (χ1) is 12.8. The summed E-state index contributed by atoms with van der Waals surface area (Å²) >= 11 is 0. The number of aromatic nitrogens is 1. The van der Waals surface area contributed by atoms with E-state index in [0.29, 0.717) is 17.2 Å². The molecule has 0 saturated heterocycles. The van der Waals surface area contributed by atoms with Crippen molar-refractivity contribution in [1.82, 2.24) is 4.98 Å². The van der Waals surface area contributed by atoms with Crippen LogP contribution in [0.5, 0.6) is 23.0 Å². The van der Waals surface area contributed by atoms with Gasteiger partial charge >= 0.3 is 0 Å². The molecule has 0 bridgehead atoms. The van der Waals surface area contributed by atoms with Gasteiger partial charge in [-0.2, -0.15) is 0 Å². The van der Waals surface area contributed by atoms with E-state index >= 15 is 0 Å². The normalized spacial score (nSPS) is 11.5. The summed E-state index contributed by atoms with van der Waals surface area (Å²) in [6, 6.07) is 17.3. The number of methoxy groups -OCH3 is 3. The summed E-state index contributed by atoms with van der Waals surface area (Å²) in [4.78, 5) is 4.10. The minimum absolute atomic E-state index is 0.353. The SMILES string of the molecule is COc1cc(C(Oc2ccccc2)c2ccncc2)cc(OC)c1OC. The maximum absolute atomic E-state index is 6.28. The zero-order chi connectivity index (χ0) is 18.4. The fraction of sp³-hybridized carbons (Fsp3) is 0.190. The van der Waals surface area contributed by atoms with Gasteiger partial charge in [0.1, 0.15) is 11.9 Å². The van der Waals surface area contributed by atoms with Gasteiger partial charge in [-0.3, -0.25) is 4.98 Å². The van der Waals surface area contributed by atoms with Crippen LogP contribution in [0.1, 0.15) is 17.2 Å². The first-order valence-electron chi connectivity index (χ1n) is 8.18. The number of nitrogens with zero attached hydrogens (tertiary/aromatic N) is 1. The summed E-state index contributed by atoms with van der Waals surface area (Å²) in [6.45, 7) is 0. The predicted molar refractivity (Wildman–Crippen MR) is 99.2 cm³/mol. The van der Waals surface area contributed by atoms with Crippen LogP contribution in [0.4, 0.5) is 0 Å². The lowest BCUT2D eigenvalue weighted by molar-refractivity contribution is 0.244. The molecule has 1 heterocycles. The Morgan fingerprint density at radius 3 is 1.88 bits per heavy atom. The molecule has 1 aromatic heterocycles. The van der Waals surface area contributed by atoms with Crippen molar-refractivity contribution in [2.45, 2.75) is 6.10 Å². The highest BCUT2D eigenvalue weighted by molar-refractivity contribution is 5.55. The van der Waals surface area contributed by atoms with E-state index in [1.807, 2.05) is 54.6 Å². The van der Waals surface area contributed by atoms with E-state index in [-0.39, 0.29) is 6.10 Å². The van der Waals surface area contributed by atoms with Gasteiger partial charge in [-0.1, -0.05) is 18.2 Å². The molecule has 0 fully saturated rings. The van der Waals surface area contributed by atoms with Crippen LogP contribution in [0.2, 0.25) is 0 Å². The van der Waals surface area contributed by atoms with E-state index in [9.17, 15) is 0 Å². The second kappa shape index (κ2) is 8.25. The molecular formula is C21H21NO4. The molecule has 3 rings (SSSR count). The molecule has 26 heavy (non-hydrogen) atoms. The van der Waals surface area contributed by atoms with Crippen molar-refractivity contribution in [3.05, 3.63) is 78.1 Å². The molecule has 0 amide bonds. The molecule has 1 unspecified atom stereocenters. The molecule has 0 saturated carbocycles. The van der Waals surface area contributed by atoms with Crippen molar-refractivity contribution >= 4 is 0 Å². The lowest BCUT2D eigenvalue weighted by Gasteiger charge is -2.22. The molecule has 0 aliphatic carbocycles. The minimum Gasteiger partial charge on any atom is -0.493 e. The Balaban J connectivity index is 2.09. The standard InChI is InChI=1S/C21H21NO4/c1-23-18-13-16(14-19(24-2)21(18)25-3)20(15-9-11-22-12-10-15)26-17-7-5-4-6-8-17/h4-14,20H,1-3H3. The van der Waals surface area contributed by atoms with Crippen molar-refractivity contribution < 1.29 is 18.9 Å². The quantitative estimate of drug-likeness (QED) is 0.636. The molecule has 5 nitrogen and oxygen atoms in total. The molecule has 134 valence electrons. The van der Waals surface area contributed by atoms with Crippen LogP contribution in [-0.2, 0) is 0 Å². The molecule has 0 N–H and O–H groups in total. The topological polar surface area (TPSA) is 49.8 Å². The Kier molecular flexibility index (Phi) is 5.59. The van der Waals surface area contributed by atoms with Crippen LogP contribution in [0, 0.1) is 0 Å². The van der Waals surface area contributed by atoms with Gasteiger partial charge in [-0.25, -0.2) is 0 Å². The fourth-order valence-electron chi connectivity index (χ4n) is 2.75. The van der Waals surface area contributed by atoms with E-state index in [4.69, 9.17) is 18.9 Å². The van der Waals surface area contributed by atoms with Crippen LogP contribution in [0.3, 0.4) is 0 Å². The smallest absolute Gasteiger partial charge is 0.203 e. The van der Waals surface area contributed by atoms with Crippen LogP contribution >= 0.6 is 0 Å². The first kappa shape index (κ1) is 17.6. The van der Waals surface area contributed by atoms with Gasteiger partial charge in [0.25, 0.3) is 0 Å². The summed E-state index contributed by atoms with van der Waals surface area (Å²) in [7, 11) is 4.78. The summed E-state index contributed by atoms with van der Waals surface area (Å²) < 4.78 is 22.7. The number of pyridine rings is 1. The van der Waals surface area contributed by atoms with Crippen LogP contribution in [0.15, 0.2) is 67.0 Å². The predicted octanol–water partition coefficient (Wildman–Crippen LogP) is 4.28. The third-order valence-electron chi connectivity index (χ3n) is 4.00. The maximum Gasteiger partial charge on any atom is 0.203 e. The highest BCUT2D eigenvalue weighted by atomic mass is 16.5. The number of rotatable bonds is 7. The molecular weight excluding hydrogens is 330 g/mol. The lowest BCUT2D eigenvalue weighted by Crippen LogP contribution is -2.10. The third kappa shape index (κ3) is 3.72. The van der Waals surface area contributed by atoms with Gasteiger partial charge in [-0.15, -0.1) is 0 Å². The second-order valence-corrected chi connectivity index (χ2v) is 5.55. The Morgan fingerprint density at radius 1 is 0.731 bits per heavy atom. The molecule has 0 aliphatic heterocycles. The van der Waals surface area contributed by atoms with Crippen LogP contribution in [-0.4, -0.2) is 26.3 Å². The summed E-state index contributed by atoms with van der Waals surface area (Å²) in [5.41, 5.74) is 1.85. The average Bonchev–Trinajstić information content (AvgIpc) is 2.72. The Morgan fingerprint density at radius 2 is 1.35 bits per heavy atom. The van der Waals surface area contributed by atoms with Gasteiger partial charge in [0.2, 0.25) is 5.75 Å². The molecule has 5 heteroatoms. The Hall–Kier alpha value is -3.21. The van der Waals surface area contributed by atoms with Gasteiger partial charge < -0.3 is 18.9 Å². The summed E-state index contributed by atoms with van der Waals surface area (Å²) in [6.07, 6.45) is 3.14. The zero-order valence-electron chi connectivity index (χ0n) is 15.0. The van der Waals surface area contributed by atoms with Crippen molar-refractivity contribution in [3.63, 3.8) is 0 Å². The van der Waals surface area contributed by atoms with E-state index in [1.165, 1.54) is 0 Å². The van der Waals surface area contributed by atoms with Crippen LogP contribution in [0.25, 0.3) is 0 Å². The first-order valence-corrected chi connectivity index (χ1v) is 8.18. The van der Waals surface area contributed by atoms with Gasteiger partial charge in [-0.05, 0) is 42.0 Å². The van der Waals surface area contributed by atoms with E-state index in [0.717, 1.165) is 16.9 Å². The summed E-state index contributed by atoms with van der Waals surface area (Å²) in [5.74, 6) is 2.48. The van der Waals surface area contributed by atoms with E-state index in [2.05, 4.69) is 4.98 Å². The van der Waals surface area contributed by atoms with Gasteiger partial charge in [0.15, 0.2) is 11.5 Å². The van der Waals surface area contributed by atoms with Crippen LogP contribution < -0.4 is 18.9 Å². The van der Waals surface area contributed by atoms with Crippen molar-refractivity contribution in [1.29, 1.82) is 0 Å². The summed E-state index contributed by atoms with van der Waals surface area (Å²) in [5, 5.41) is 0. The number of ether oxygens (including phenoxy) is 4. The molecule has 2 aromatic carbocycles. The number of para-hydroxylation sites is 1. The lowest BCUT2D eigenvalue weighted by atomic mass is 10.0. The minimum atomic E-state index is -0.353. The van der Waals surface area contributed by atoms with Gasteiger partial charge in [0, 0.05) is 18.0 Å². The number of benzene rings is 2.